The molecule has 0 aliphatic heterocycles. The first-order chi connectivity index (χ1) is 13.4. The molecule has 0 aliphatic rings. The lowest BCUT2D eigenvalue weighted by atomic mass is 10.3. The zero-order valence-corrected chi connectivity index (χ0v) is 16.0. The molecule has 0 bridgehead atoms. The van der Waals surface area contributed by atoms with Crippen LogP contribution in [0, 0.1) is 6.92 Å². The predicted octanol–water partition coefficient (Wildman–Crippen LogP) is 1.41. The number of nitrogens with zero attached hydrogens (tertiary/aromatic N) is 2. The molecular formula is C19H19N3O5S. The van der Waals surface area contributed by atoms with Crippen LogP contribution in [0.5, 0.6) is 0 Å². The van der Waals surface area contributed by atoms with Crippen molar-refractivity contribution >= 4 is 21.6 Å². The Morgan fingerprint density at radius 1 is 1.18 bits per heavy atom. The van der Waals surface area contributed by atoms with Crippen LogP contribution in [0.2, 0.25) is 0 Å². The molecule has 0 unspecified atom stereocenters. The highest BCUT2D eigenvalue weighted by molar-refractivity contribution is 7.89. The second-order valence-corrected chi connectivity index (χ2v) is 7.86. The van der Waals surface area contributed by atoms with Crippen molar-refractivity contribution in [1.29, 1.82) is 0 Å². The van der Waals surface area contributed by atoms with E-state index in [2.05, 4.69) is 9.71 Å². The van der Waals surface area contributed by atoms with Crippen LogP contribution in [0.3, 0.4) is 0 Å². The number of carbonyl (C=O) groups excluding carboxylic acids is 1. The summed E-state index contributed by atoms with van der Waals surface area (Å²) < 4.78 is 33.0. The van der Waals surface area contributed by atoms with Gasteiger partial charge in [0, 0.05) is 18.8 Å². The third kappa shape index (κ3) is 4.62. The number of carbonyl (C=O) groups is 1. The molecule has 28 heavy (non-hydrogen) atoms. The van der Waals surface area contributed by atoms with Crippen molar-refractivity contribution in [3.63, 3.8) is 0 Å². The number of fused-ring (bicyclic) bond motifs is 1. The molecule has 1 aromatic carbocycles. The fraction of sp³-hybridized carbons (Fsp3) is 0.211. The number of pyridine rings is 1. The zero-order chi connectivity index (χ0) is 20.1. The van der Waals surface area contributed by atoms with Crippen LogP contribution in [0.1, 0.15) is 17.7 Å². The van der Waals surface area contributed by atoms with Gasteiger partial charge in [0.15, 0.2) is 0 Å². The number of sulfonamides is 1. The number of esters is 1. The average Bonchev–Trinajstić information content (AvgIpc) is 2.68. The smallest absolute Gasteiger partial charge is 0.307 e. The van der Waals surface area contributed by atoms with E-state index in [0.29, 0.717) is 11.3 Å². The number of rotatable bonds is 7. The first-order valence-corrected chi connectivity index (χ1v) is 10.0. The van der Waals surface area contributed by atoms with Gasteiger partial charge < -0.3 is 4.74 Å². The number of ether oxygens (including phenoxy) is 1. The molecule has 0 saturated carbocycles. The molecule has 2 aromatic heterocycles. The Kier molecular flexibility index (Phi) is 5.86. The Morgan fingerprint density at radius 2 is 1.93 bits per heavy atom. The monoisotopic (exact) mass is 401 g/mol. The van der Waals surface area contributed by atoms with Gasteiger partial charge in [-0.05, 0) is 30.7 Å². The minimum atomic E-state index is -3.67. The minimum absolute atomic E-state index is 0.0943. The molecule has 1 N–H and O–H groups in total. The van der Waals surface area contributed by atoms with Crippen LogP contribution in [-0.2, 0) is 26.2 Å². The Bertz CT molecular complexity index is 1160. The molecule has 3 aromatic rings. The Labute approximate surface area is 161 Å². The molecule has 0 spiro atoms. The molecular weight excluding hydrogens is 382 g/mol. The van der Waals surface area contributed by atoms with E-state index in [0.717, 1.165) is 5.56 Å². The van der Waals surface area contributed by atoms with Crippen molar-refractivity contribution in [2.24, 2.45) is 0 Å². The maximum Gasteiger partial charge on any atom is 0.307 e. The van der Waals surface area contributed by atoms with Crippen molar-refractivity contribution in [3.8, 4) is 0 Å². The summed E-state index contributed by atoms with van der Waals surface area (Å²) in [6.45, 7) is 1.57. The lowest BCUT2D eigenvalue weighted by molar-refractivity contribution is -0.144. The third-order valence-corrected chi connectivity index (χ3v) is 5.47. The Hall–Kier alpha value is -3.04. The summed E-state index contributed by atoms with van der Waals surface area (Å²) in [5.41, 5.74) is 1.38. The van der Waals surface area contributed by atoms with Gasteiger partial charge in [-0.3, -0.25) is 14.0 Å². The Morgan fingerprint density at radius 3 is 2.68 bits per heavy atom. The van der Waals surface area contributed by atoms with E-state index in [9.17, 15) is 18.0 Å². The second-order valence-electron chi connectivity index (χ2n) is 6.09. The van der Waals surface area contributed by atoms with Gasteiger partial charge in [0.05, 0.1) is 17.0 Å². The van der Waals surface area contributed by atoms with Crippen LogP contribution in [0.25, 0.3) is 5.65 Å². The molecule has 0 saturated heterocycles. The van der Waals surface area contributed by atoms with Gasteiger partial charge in [-0.2, -0.15) is 0 Å². The van der Waals surface area contributed by atoms with Crippen LogP contribution in [-0.4, -0.2) is 30.3 Å². The summed E-state index contributed by atoms with van der Waals surface area (Å²) in [6, 6.07) is 12.8. The first-order valence-electron chi connectivity index (χ1n) is 8.55. The molecule has 2 heterocycles. The topological polar surface area (TPSA) is 107 Å². The van der Waals surface area contributed by atoms with Crippen molar-refractivity contribution < 1.29 is 17.9 Å². The highest BCUT2D eigenvalue weighted by Gasteiger charge is 2.14. The molecule has 0 amide bonds. The predicted molar refractivity (Wildman–Crippen MR) is 102 cm³/mol. The van der Waals surface area contributed by atoms with E-state index in [1.807, 2.05) is 13.0 Å². The van der Waals surface area contributed by atoms with Gasteiger partial charge in [-0.25, -0.2) is 18.1 Å². The van der Waals surface area contributed by atoms with E-state index in [-0.39, 0.29) is 30.0 Å². The number of aromatic nitrogens is 2. The van der Waals surface area contributed by atoms with Gasteiger partial charge >= 0.3 is 5.97 Å². The van der Waals surface area contributed by atoms with Gasteiger partial charge in [0.1, 0.15) is 12.3 Å². The summed E-state index contributed by atoms with van der Waals surface area (Å²) >= 11 is 0. The lowest BCUT2D eigenvalue weighted by Crippen LogP contribution is -2.26. The first kappa shape index (κ1) is 19.7. The van der Waals surface area contributed by atoms with Crippen molar-refractivity contribution in [2.75, 3.05) is 6.54 Å². The van der Waals surface area contributed by atoms with Gasteiger partial charge in [0.2, 0.25) is 10.0 Å². The fourth-order valence-corrected chi connectivity index (χ4v) is 3.63. The van der Waals surface area contributed by atoms with Gasteiger partial charge in [-0.1, -0.05) is 24.3 Å². The number of hydrogen-bond donors (Lipinski definition) is 1. The minimum Gasteiger partial charge on any atom is -0.459 e. The highest BCUT2D eigenvalue weighted by atomic mass is 32.2. The molecule has 0 atom stereocenters. The normalized spacial score (nSPS) is 11.5. The largest absolute Gasteiger partial charge is 0.459 e. The summed E-state index contributed by atoms with van der Waals surface area (Å²) in [5, 5.41) is 0. The highest BCUT2D eigenvalue weighted by Crippen LogP contribution is 2.08. The van der Waals surface area contributed by atoms with Crippen LogP contribution in [0.15, 0.2) is 64.4 Å². The molecule has 0 aliphatic carbocycles. The van der Waals surface area contributed by atoms with Crippen LogP contribution >= 0.6 is 0 Å². The maximum absolute atomic E-state index is 12.1. The molecule has 0 fully saturated rings. The van der Waals surface area contributed by atoms with E-state index in [1.165, 1.54) is 22.6 Å². The van der Waals surface area contributed by atoms with Gasteiger partial charge in [0.25, 0.3) is 5.56 Å². The lowest BCUT2D eigenvalue weighted by Gasteiger charge is -2.08. The zero-order valence-electron chi connectivity index (χ0n) is 15.2. The SMILES string of the molecule is Cc1cccn2c(=O)cc(COC(=O)CCNS(=O)(=O)c3ccccc3)nc12. The van der Waals surface area contributed by atoms with E-state index < -0.39 is 16.0 Å². The molecule has 8 nitrogen and oxygen atoms in total. The quantitative estimate of drug-likeness (QED) is 0.600. The van der Waals surface area contributed by atoms with Gasteiger partial charge in [-0.15, -0.1) is 0 Å². The molecule has 3 rings (SSSR count). The van der Waals surface area contributed by atoms with E-state index in [1.54, 1.807) is 30.5 Å². The third-order valence-electron chi connectivity index (χ3n) is 4.00. The molecule has 0 radical (unpaired) electrons. The van der Waals surface area contributed by atoms with E-state index >= 15 is 0 Å². The number of nitrogens with one attached hydrogen (secondary N) is 1. The average molecular weight is 401 g/mol. The van der Waals surface area contributed by atoms with Crippen molar-refractivity contribution in [1.82, 2.24) is 14.1 Å². The number of benzene rings is 1. The summed E-state index contributed by atoms with van der Waals surface area (Å²) in [4.78, 5) is 28.5. The standard InChI is InChI=1S/C19H19N3O5S/c1-14-6-5-11-22-17(23)12-15(21-19(14)22)13-27-18(24)9-10-20-28(25,26)16-7-3-2-4-8-16/h2-8,11-12,20H,9-10,13H2,1H3. The second kappa shape index (κ2) is 8.32. The molecule has 9 heteroatoms. The van der Waals surface area contributed by atoms with Crippen molar-refractivity contribution in [3.05, 3.63) is 76.3 Å². The fourth-order valence-electron chi connectivity index (χ4n) is 2.58. The summed E-state index contributed by atoms with van der Waals surface area (Å²) in [6.07, 6.45) is 1.48. The Balaban J connectivity index is 1.56. The van der Waals surface area contributed by atoms with Crippen LogP contribution < -0.4 is 10.3 Å². The number of hydrogen-bond acceptors (Lipinski definition) is 6. The van der Waals surface area contributed by atoms with Crippen molar-refractivity contribution in [2.45, 2.75) is 24.8 Å². The summed E-state index contributed by atoms with van der Waals surface area (Å²) in [7, 11) is -3.67. The van der Waals surface area contributed by atoms with Crippen LogP contribution in [0.4, 0.5) is 0 Å². The summed E-state index contributed by atoms with van der Waals surface area (Å²) in [5.74, 6) is -0.595. The number of aryl methyl sites for hydroxylation is 1. The molecule has 146 valence electrons. The van der Waals surface area contributed by atoms with E-state index in [4.69, 9.17) is 4.74 Å². The maximum atomic E-state index is 12.1.